The maximum atomic E-state index is 12.8. The zero-order valence-electron chi connectivity index (χ0n) is 18.4. The molecule has 2 aromatic carbocycles. The number of carbonyl (C=O) groups is 3. The number of hydrogen-bond donors (Lipinski definition) is 0. The van der Waals surface area contributed by atoms with Gasteiger partial charge >= 0.3 is 5.97 Å². The van der Waals surface area contributed by atoms with Gasteiger partial charge in [-0.05, 0) is 31.0 Å². The predicted octanol–water partition coefficient (Wildman–Crippen LogP) is 5.10. The molecule has 166 valence electrons. The van der Waals surface area contributed by atoms with E-state index in [0.29, 0.717) is 18.7 Å². The molecule has 0 fully saturated rings. The van der Waals surface area contributed by atoms with E-state index in [2.05, 4.69) is 0 Å². The lowest BCUT2D eigenvalue weighted by Crippen LogP contribution is -2.34. The Morgan fingerprint density at radius 2 is 1.41 bits per heavy atom. The number of Topliss-reactive ketones (excluding diaryl/α,β-unsaturated/α-hetero) is 1. The molecule has 0 saturated carbocycles. The third-order valence-electron chi connectivity index (χ3n) is 5.04. The van der Waals surface area contributed by atoms with Gasteiger partial charge in [-0.15, -0.1) is 11.3 Å². The number of benzene rings is 2. The van der Waals surface area contributed by atoms with E-state index < -0.39 is 5.97 Å². The van der Waals surface area contributed by atoms with E-state index in [1.807, 2.05) is 80.6 Å². The summed E-state index contributed by atoms with van der Waals surface area (Å²) in [6.45, 7) is 4.34. The molecular weight excluding hydrogens is 422 g/mol. The minimum atomic E-state index is -0.546. The number of esters is 1. The maximum Gasteiger partial charge on any atom is 0.306 e. The number of aryl methyl sites for hydroxylation is 2. The molecule has 3 rings (SSSR count). The van der Waals surface area contributed by atoms with Crippen molar-refractivity contribution in [2.45, 2.75) is 39.8 Å². The Morgan fingerprint density at radius 3 is 1.91 bits per heavy atom. The van der Waals surface area contributed by atoms with Crippen LogP contribution >= 0.6 is 11.3 Å². The Bertz CT molecular complexity index is 1020. The summed E-state index contributed by atoms with van der Waals surface area (Å²) in [7, 11) is 0. The van der Waals surface area contributed by atoms with Crippen molar-refractivity contribution in [3.63, 3.8) is 0 Å². The van der Waals surface area contributed by atoms with Crippen LogP contribution in [0.3, 0.4) is 0 Å². The summed E-state index contributed by atoms with van der Waals surface area (Å²) in [4.78, 5) is 41.1. The molecular formula is C26H27NO4S. The van der Waals surface area contributed by atoms with Crippen LogP contribution in [-0.4, -0.2) is 29.2 Å². The lowest BCUT2D eigenvalue weighted by Gasteiger charge is -2.23. The minimum Gasteiger partial charge on any atom is -0.456 e. The van der Waals surface area contributed by atoms with Gasteiger partial charge in [-0.25, -0.2) is 0 Å². The van der Waals surface area contributed by atoms with Crippen molar-refractivity contribution < 1.29 is 19.1 Å². The van der Waals surface area contributed by atoms with Crippen LogP contribution in [0.5, 0.6) is 0 Å². The van der Waals surface area contributed by atoms with E-state index in [-0.39, 0.29) is 31.1 Å². The molecule has 0 unspecified atom stereocenters. The molecule has 0 N–H and O–H groups in total. The normalized spacial score (nSPS) is 10.6. The van der Waals surface area contributed by atoms with Gasteiger partial charge in [-0.2, -0.15) is 0 Å². The fourth-order valence-electron chi connectivity index (χ4n) is 3.40. The van der Waals surface area contributed by atoms with Crippen molar-refractivity contribution >= 4 is 29.0 Å². The molecule has 0 aliphatic carbocycles. The van der Waals surface area contributed by atoms with Crippen LogP contribution < -0.4 is 0 Å². The highest BCUT2D eigenvalue weighted by Gasteiger charge is 2.18. The van der Waals surface area contributed by atoms with Crippen LogP contribution in [0.1, 0.15) is 44.1 Å². The summed E-state index contributed by atoms with van der Waals surface area (Å²) in [6.07, 6.45) is 0.0274. The van der Waals surface area contributed by atoms with Gasteiger partial charge in [-0.3, -0.25) is 14.4 Å². The quantitative estimate of drug-likeness (QED) is 0.319. The molecule has 32 heavy (non-hydrogen) atoms. The molecule has 0 atom stereocenters. The van der Waals surface area contributed by atoms with E-state index in [0.717, 1.165) is 20.9 Å². The molecule has 0 aliphatic heterocycles. The van der Waals surface area contributed by atoms with E-state index in [4.69, 9.17) is 4.74 Å². The Hall–Kier alpha value is -3.25. The first kappa shape index (κ1) is 23.4. The second kappa shape index (κ2) is 11.4. The molecule has 0 spiro atoms. The molecule has 1 heterocycles. The number of ketones is 1. The SMILES string of the molecule is Cc1cc(C(=O)CCC(=O)OCC(=O)N(Cc2ccccc2)Cc2ccccc2)c(C)s1. The van der Waals surface area contributed by atoms with Crippen molar-refractivity contribution in [1.82, 2.24) is 4.90 Å². The highest BCUT2D eigenvalue weighted by atomic mass is 32.1. The van der Waals surface area contributed by atoms with Crippen LogP contribution in [0.2, 0.25) is 0 Å². The third kappa shape index (κ3) is 6.89. The van der Waals surface area contributed by atoms with Crippen molar-refractivity contribution in [1.29, 1.82) is 0 Å². The van der Waals surface area contributed by atoms with Gasteiger partial charge in [0.05, 0.1) is 6.42 Å². The van der Waals surface area contributed by atoms with E-state index in [1.165, 1.54) is 0 Å². The first-order valence-electron chi connectivity index (χ1n) is 10.5. The maximum absolute atomic E-state index is 12.8. The van der Waals surface area contributed by atoms with Crippen LogP contribution in [0.25, 0.3) is 0 Å². The minimum absolute atomic E-state index is 0.0438. The second-order valence-corrected chi connectivity index (χ2v) is 9.09. The smallest absolute Gasteiger partial charge is 0.306 e. The lowest BCUT2D eigenvalue weighted by molar-refractivity contribution is -0.152. The molecule has 0 saturated heterocycles. The van der Waals surface area contributed by atoms with E-state index in [1.54, 1.807) is 16.2 Å². The van der Waals surface area contributed by atoms with E-state index >= 15 is 0 Å². The Kier molecular flexibility index (Phi) is 8.34. The third-order valence-corrected chi connectivity index (χ3v) is 6.01. The Morgan fingerprint density at radius 1 is 0.844 bits per heavy atom. The predicted molar refractivity (Wildman–Crippen MR) is 125 cm³/mol. The van der Waals surface area contributed by atoms with Crippen LogP contribution in [0, 0.1) is 13.8 Å². The summed E-state index contributed by atoms with van der Waals surface area (Å²) in [6, 6.07) is 21.2. The van der Waals surface area contributed by atoms with Crippen molar-refractivity contribution in [3.05, 3.63) is 93.2 Å². The molecule has 6 heteroatoms. The molecule has 5 nitrogen and oxygen atoms in total. The van der Waals surface area contributed by atoms with Gasteiger partial charge in [0.1, 0.15) is 0 Å². The molecule has 1 aromatic heterocycles. The first-order chi connectivity index (χ1) is 15.4. The fraction of sp³-hybridized carbons (Fsp3) is 0.269. The molecule has 3 aromatic rings. The van der Waals surface area contributed by atoms with Crippen molar-refractivity contribution in [2.24, 2.45) is 0 Å². The average Bonchev–Trinajstić information content (AvgIpc) is 3.14. The topological polar surface area (TPSA) is 63.7 Å². The monoisotopic (exact) mass is 449 g/mol. The van der Waals surface area contributed by atoms with Crippen LogP contribution in [0.4, 0.5) is 0 Å². The summed E-state index contributed by atoms with van der Waals surface area (Å²) >= 11 is 1.56. The van der Waals surface area contributed by atoms with E-state index in [9.17, 15) is 14.4 Å². The summed E-state index contributed by atoms with van der Waals surface area (Å²) < 4.78 is 5.20. The summed E-state index contributed by atoms with van der Waals surface area (Å²) in [5, 5.41) is 0. The Labute approximate surface area is 192 Å². The van der Waals surface area contributed by atoms with Crippen LogP contribution in [-0.2, 0) is 27.4 Å². The van der Waals surface area contributed by atoms with Gasteiger partial charge in [0.25, 0.3) is 5.91 Å². The standard InChI is InChI=1S/C26H27NO4S/c1-19-15-23(20(2)32-19)24(28)13-14-26(30)31-18-25(29)27(16-21-9-5-3-6-10-21)17-22-11-7-4-8-12-22/h3-12,15H,13-14,16-18H2,1-2H3. The number of thiophene rings is 1. The number of carbonyl (C=O) groups excluding carboxylic acids is 3. The van der Waals surface area contributed by atoms with Gasteiger partial charge in [0.2, 0.25) is 0 Å². The summed E-state index contributed by atoms with van der Waals surface area (Å²) in [5.74, 6) is -0.901. The average molecular weight is 450 g/mol. The number of amides is 1. The van der Waals surface area contributed by atoms with Gasteiger partial charge in [0.15, 0.2) is 12.4 Å². The number of rotatable bonds is 10. The van der Waals surface area contributed by atoms with Gasteiger partial charge in [0, 0.05) is 34.8 Å². The van der Waals surface area contributed by atoms with Gasteiger partial charge < -0.3 is 9.64 Å². The molecule has 0 radical (unpaired) electrons. The number of nitrogens with zero attached hydrogens (tertiary/aromatic N) is 1. The molecule has 0 bridgehead atoms. The molecule has 1 amide bonds. The first-order valence-corrected chi connectivity index (χ1v) is 11.4. The highest BCUT2D eigenvalue weighted by molar-refractivity contribution is 7.12. The largest absolute Gasteiger partial charge is 0.456 e. The zero-order valence-corrected chi connectivity index (χ0v) is 19.2. The lowest BCUT2D eigenvalue weighted by atomic mass is 10.1. The van der Waals surface area contributed by atoms with Crippen molar-refractivity contribution in [2.75, 3.05) is 6.61 Å². The zero-order chi connectivity index (χ0) is 22.9. The van der Waals surface area contributed by atoms with Gasteiger partial charge in [-0.1, -0.05) is 60.7 Å². The van der Waals surface area contributed by atoms with Crippen LogP contribution in [0.15, 0.2) is 66.7 Å². The highest BCUT2D eigenvalue weighted by Crippen LogP contribution is 2.22. The molecule has 0 aliphatic rings. The second-order valence-electron chi connectivity index (χ2n) is 7.63. The van der Waals surface area contributed by atoms with Crippen molar-refractivity contribution in [3.8, 4) is 0 Å². The summed E-state index contributed by atoms with van der Waals surface area (Å²) in [5.41, 5.74) is 2.65. The number of ether oxygens (including phenoxy) is 1. The fourth-order valence-corrected chi connectivity index (χ4v) is 4.35. The Balaban J connectivity index is 1.54. The number of hydrogen-bond acceptors (Lipinski definition) is 5.